The quantitative estimate of drug-likeness (QED) is 0.481. The number of ether oxygens (including phenoxy) is 1. The van der Waals surface area contributed by atoms with E-state index in [0.29, 0.717) is 28.0 Å². The number of pyridine rings is 2. The first-order chi connectivity index (χ1) is 12.7. The summed E-state index contributed by atoms with van der Waals surface area (Å²) in [6.45, 7) is 0. The third-order valence-corrected chi connectivity index (χ3v) is 4.75. The molecular weight excluding hydrogens is 414 g/mol. The summed E-state index contributed by atoms with van der Waals surface area (Å²) in [4.78, 5) is 14.0. The first-order valence-electron chi connectivity index (χ1n) is 7.53. The first kappa shape index (κ1) is 16.4. The van der Waals surface area contributed by atoms with Crippen LogP contribution >= 0.6 is 27.3 Å². The topological polar surface area (TPSA) is 83.7 Å². The van der Waals surface area contributed by atoms with E-state index in [1.807, 2.05) is 18.2 Å². The van der Waals surface area contributed by atoms with Crippen LogP contribution in [0.4, 0.5) is 10.9 Å². The molecule has 4 rings (SSSR count). The summed E-state index contributed by atoms with van der Waals surface area (Å²) in [5.74, 6) is 1.69. The Labute approximate surface area is 161 Å². The summed E-state index contributed by atoms with van der Waals surface area (Å²) in [7, 11) is 0. The van der Waals surface area contributed by atoms with Crippen molar-refractivity contribution in [3.63, 3.8) is 0 Å². The predicted octanol–water partition coefficient (Wildman–Crippen LogP) is 5.26. The van der Waals surface area contributed by atoms with Crippen LogP contribution in [0, 0.1) is 11.3 Å². The second-order valence-electron chi connectivity index (χ2n) is 5.21. The van der Waals surface area contributed by atoms with Crippen molar-refractivity contribution in [1.29, 1.82) is 5.26 Å². The average Bonchev–Trinajstić information content (AvgIpc) is 3.07. The molecule has 4 aromatic rings. The Bertz CT molecular complexity index is 1090. The Morgan fingerprint density at radius 3 is 2.77 bits per heavy atom. The molecule has 0 aliphatic rings. The molecule has 126 valence electrons. The molecule has 26 heavy (non-hydrogen) atoms. The number of rotatable bonds is 4. The SMILES string of the molecule is N#Cc1ccc(Oc2cc(Br)cnc2Nc2nc3cccnc3s2)cc1. The number of aromatic nitrogens is 3. The fourth-order valence-electron chi connectivity index (χ4n) is 2.24. The molecule has 3 heterocycles. The van der Waals surface area contributed by atoms with E-state index in [2.05, 4.69) is 42.3 Å². The van der Waals surface area contributed by atoms with Crippen molar-refractivity contribution in [2.75, 3.05) is 5.32 Å². The van der Waals surface area contributed by atoms with Gasteiger partial charge in [-0.1, -0.05) is 11.3 Å². The fraction of sp³-hybridized carbons (Fsp3) is 0. The van der Waals surface area contributed by atoms with Crippen LogP contribution in [0.25, 0.3) is 10.3 Å². The molecule has 0 amide bonds. The van der Waals surface area contributed by atoms with Crippen LogP contribution in [0.5, 0.6) is 11.5 Å². The monoisotopic (exact) mass is 423 g/mol. The van der Waals surface area contributed by atoms with Crippen LogP contribution < -0.4 is 10.1 Å². The summed E-state index contributed by atoms with van der Waals surface area (Å²) in [6.07, 6.45) is 3.42. The lowest BCUT2D eigenvalue weighted by atomic mass is 10.2. The lowest BCUT2D eigenvalue weighted by Gasteiger charge is -2.11. The lowest BCUT2D eigenvalue weighted by molar-refractivity contribution is 0.482. The molecule has 0 bridgehead atoms. The van der Waals surface area contributed by atoms with Crippen molar-refractivity contribution in [1.82, 2.24) is 15.0 Å². The highest BCUT2D eigenvalue weighted by molar-refractivity contribution is 9.10. The molecule has 0 saturated carbocycles. The molecule has 1 aromatic carbocycles. The van der Waals surface area contributed by atoms with Crippen LogP contribution in [0.1, 0.15) is 5.56 Å². The number of fused-ring (bicyclic) bond motifs is 1. The number of hydrogen-bond donors (Lipinski definition) is 1. The van der Waals surface area contributed by atoms with Gasteiger partial charge in [0.15, 0.2) is 16.7 Å². The lowest BCUT2D eigenvalue weighted by Crippen LogP contribution is -1.97. The van der Waals surface area contributed by atoms with Crippen LogP contribution in [-0.2, 0) is 0 Å². The molecule has 1 N–H and O–H groups in total. The molecule has 0 aliphatic heterocycles. The molecule has 0 saturated heterocycles. The smallest absolute Gasteiger partial charge is 0.191 e. The van der Waals surface area contributed by atoms with Crippen molar-refractivity contribution < 1.29 is 4.74 Å². The molecule has 0 radical (unpaired) electrons. The number of thiazole rings is 1. The average molecular weight is 424 g/mol. The molecule has 3 aromatic heterocycles. The van der Waals surface area contributed by atoms with E-state index < -0.39 is 0 Å². The minimum Gasteiger partial charge on any atom is -0.453 e. The van der Waals surface area contributed by atoms with Gasteiger partial charge in [0.05, 0.1) is 11.6 Å². The third-order valence-electron chi connectivity index (χ3n) is 3.42. The maximum absolute atomic E-state index is 8.89. The number of nitrogens with one attached hydrogen (secondary N) is 1. The number of benzene rings is 1. The highest BCUT2D eigenvalue weighted by Gasteiger charge is 2.11. The minimum atomic E-state index is 0.538. The maximum atomic E-state index is 8.89. The van der Waals surface area contributed by atoms with E-state index in [0.717, 1.165) is 14.8 Å². The molecule has 0 spiro atoms. The van der Waals surface area contributed by atoms with Gasteiger partial charge >= 0.3 is 0 Å². The molecule has 8 heteroatoms. The van der Waals surface area contributed by atoms with Gasteiger partial charge in [0, 0.05) is 22.9 Å². The summed E-state index contributed by atoms with van der Waals surface area (Å²) in [6, 6.07) is 14.5. The van der Waals surface area contributed by atoms with Crippen LogP contribution in [-0.4, -0.2) is 15.0 Å². The zero-order valence-corrected chi connectivity index (χ0v) is 15.6. The highest BCUT2D eigenvalue weighted by atomic mass is 79.9. The minimum absolute atomic E-state index is 0.538. The van der Waals surface area contributed by atoms with Crippen LogP contribution in [0.2, 0.25) is 0 Å². The molecule has 0 unspecified atom stereocenters. The van der Waals surface area contributed by atoms with Crippen LogP contribution in [0.15, 0.2) is 59.3 Å². The zero-order chi connectivity index (χ0) is 17.9. The normalized spacial score (nSPS) is 10.5. The molecular formula is C18H10BrN5OS. The van der Waals surface area contributed by atoms with Gasteiger partial charge < -0.3 is 10.1 Å². The van der Waals surface area contributed by atoms with E-state index >= 15 is 0 Å². The Morgan fingerprint density at radius 2 is 2.00 bits per heavy atom. The van der Waals surface area contributed by atoms with Gasteiger partial charge in [0.2, 0.25) is 0 Å². The predicted molar refractivity (Wildman–Crippen MR) is 104 cm³/mol. The van der Waals surface area contributed by atoms with Gasteiger partial charge in [-0.15, -0.1) is 0 Å². The molecule has 0 fully saturated rings. The zero-order valence-electron chi connectivity index (χ0n) is 13.2. The second-order valence-corrected chi connectivity index (χ2v) is 7.10. The third kappa shape index (κ3) is 3.49. The molecule has 0 aliphatic carbocycles. The number of nitrogens with zero attached hydrogens (tertiary/aromatic N) is 4. The maximum Gasteiger partial charge on any atom is 0.191 e. The van der Waals surface area contributed by atoms with Crippen LogP contribution in [0.3, 0.4) is 0 Å². The Kier molecular flexibility index (Phi) is 4.48. The number of nitriles is 1. The largest absolute Gasteiger partial charge is 0.453 e. The van der Waals surface area contributed by atoms with Gasteiger partial charge in [-0.3, -0.25) is 0 Å². The Morgan fingerprint density at radius 1 is 1.15 bits per heavy atom. The van der Waals surface area contributed by atoms with Gasteiger partial charge in [-0.25, -0.2) is 15.0 Å². The van der Waals surface area contributed by atoms with Crippen molar-refractivity contribution in [2.24, 2.45) is 0 Å². The summed E-state index contributed by atoms with van der Waals surface area (Å²) in [5, 5.41) is 12.8. The van der Waals surface area contributed by atoms with Gasteiger partial charge in [-0.2, -0.15) is 5.26 Å². The van der Waals surface area contributed by atoms with E-state index in [4.69, 9.17) is 10.00 Å². The van der Waals surface area contributed by atoms with Crippen molar-refractivity contribution >= 4 is 48.6 Å². The fourth-order valence-corrected chi connectivity index (χ4v) is 3.36. The second kappa shape index (κ2) is 7.07. The van der Waals surface area contributed by atoms with E-state index in [1.54, 1.807) is 36.7 Å². The number of hydrogen-bond acceptors (Lipinski definition) is 7. The Balaban J connectivity index is 1.64. The summed E-state index contributed by atoms with van der Waals surface area (Å²) in [5.41, 5.74) is 1.40. The van der Waals surface area contributed by atoms with Gasteiger partial charge in [0.25, 0.3) is 0 Å². The summed E-state index contributed by atoms with van der Waals surface area (Å²) < 4.78 is 6.72. The number of anilines is 2. The van der Waals surface area contributed by atoms with Gasteiger partial charge in [0.1, 0.15) is 16.1 Å². The van der Waals surface area contributed by atoms with E-state index in [9.17, 15) is 0 Å². The van der Waals surface area contributed by atoms with Crippen molar-refractivity contribution in [3.8, 4) is 17.6 Å². The van der Waals surface area contributed by atoms with E-state index in [1.165, 1.54) is 11.3 Å². The first-order valence-corrected chi connectivity index (χ1v) is 9.14. The summed E-state index contributed by atoms with van der Waals surface area (Å²) >= 11 is 4.85. The van der Waals surface area contributed by atoms with Crippen molar-refractivity contribution in [3.05, 3.63) is 64.9 Å². The van der Waals surface area contributed by atoms with E-state index in [-0.39, 0.29) is 0 Å². The van der Waals surface area contributed by atoms with Gasteiger partial charge in [-0.05, 0) is 52.3 Å². The standard InChI is InChI=1S/C18H10BrN5OS/c19-12-8-15(25-13-5-3-11(9-20)4-6-13)16(22-10-12)24-18-23-14-2-1-7-21-17(14)26-18/h1-8,10H,(H,22,23,24). The number of halogens is 1. The highest BCUT2D eigenvalue weighted by Crippen LogP contribution is 2.34. The van der Waals surface area contributed by atoms with Crippen molar-refractivity contribution in [2.45, 2.75) is 0 Å². The molecule has 6 nitrogen and oxygen atoms in total. The Hall–Kier alpha value is -3.02. The molecule has 0 atom stereocenters.